The highest BCUT2D eigenvalue weighted by Crippen LogP contribution is 2.43. The first-order valence-electron chi connectivity index (χ1n) is 12.0. The fraction of sp³-hybridized carbons (Fsp3) is 0.393. The molecule has 0 aliphatic heterocycles. The molecule has 0 saturated heterocycles. The Morgan fingerprint density at radius 2 is 1.71 bits per heavy atom. The molecule has 0 radical (unpaired) electrons. The Balaban J connectivity index is 1.47. The van der Waals surface area contributed by atoms with Crippen molar-refractivity contribution in [3.63, 3.8) is 0 Å². The molecule has 6 heteroatoms. The molecule has 34 heavy (non-hydrogen) atoms. The highest BCUT2D eigenvalue weighted by Gasteiger charge is 2.35. The van der Waals surface area contributed by atoms with E-state index in [2.05, 4.69) is 52.5 Å². The van der Waals surface area contributed by atoms with Gasteiger partial charge in [-0.05, 0) is 55.6 Å². The number of anilines is 1. The van der Waals surface area contributed by atoms with E-state index in [9.17, 15) is 4.79 Å². The minimum atomic E-state index is -0.148. The third kappa shape index (κ3) is 5.74. The van der Waals surface area contributed by atoms with Gasteiger partial charge < -0.3 is 10.1 Å². The van der Waals surface area contributed by atoms with Gasteiger partial charge in [-0.3, -0.25) is 4.90 Å². The molecule has 0 spiro atoms. The third-order valence-corrected chi connectivity index (χ3v) is 6.95. The SMILES string of the molecule is COc1ccccc1CNC(=O)N(CC1(C)CCC(c2ccccc2)CC1)c1cnc(C)nc1. The second-order valence-corrected chi connectivity index (χ2v) is 9.54. The summed E-state index contributed by atoms with van der Waals surface area (Å²) < 4.78 is 5.44. The molecule has 1 heterocycles. The number of aryl methyl sites for hydroxylation is 1. The highest BCUT2D eigenvalue weighted by atomic mass is 16.5. The van der Waals surface area contributed by atoms with Crippen molar-refractivity contribution in [2.45, 2.75) is 52.0 Å². The molecule has 0 atom stereocenters. The lowest BCUT2D eigenvalue weighted by atomic mass is 9.70. The van der Waals surface area contributed by atoms with Crippen LogP contribution in [0.2, 0.25) is 0 Å². The summed E-state index contributed by atoms with van der Waals surface area (Å²) in [5.74, 6) is 2.04. The van der Waals surface area contributed by atoms with E-state index < -0.39 is 0 Å². The van der Waals surface area contributed by atoms with Crippen LogP contribution < -0.4 is 15.0 Å². The van der Waals surface area contributed by atoms with Crippen molar-refractivity contribution < 1.29 is 9.53 Å². The van der Waals surface area contributed by atoms with Crippen LogP contribution in [0.3, 0.4) is 0 Å². The van der Waals surface area contributed by atoms with E-state index in [0.29, 0.717) is 24.8 Å². The second-order valence-electron chi connectivity index (χ2n) is 9.54. The van der Waals surface area contributed by atoms with Gasteiger partial charge in [-0.15, -0.1) is 0 Å². The van der Waals surface area contributed by atoms with Crippen molar-refractivity contribution in [3.8, 4) is 5.75 Å². The van der Waals surface area contributed by atoms with Crippen LogP contribution in [0.4, 0.5) is 10.5 Å². The van der Waals surface area contributed by atoms with E-state index in [1.165, 1.54) is 5.56 Å². The molecule has 1 fully saturated rings. The van der Waals surface area contributed by atoms with Gasteiger partial charge in [0.15, 0.2) is 0 Å². The van der Waals surface area contributed by atoms with Crippen LogP contribution in [0, 0.1) is 12.3 Å². The molecule has 1 aliphatic rings. The number of hydrogen-bond donors (Lipinski definition) is 1. The van der Waals surface area contributed by atoms with Crippen LogP contribution in [0.1, 0.15) is 55.5 Å². The van der Waals surface area contributed by atoms with Gasteiger partial charge in [0.25, 0.3) is 0 Å². The first-order valence-corrected chi connectivity index (χ1v) is 12.0. The summed E-state index contributed by atoms with van der Waals surface area (Å²) in [6.45, 7) is 5.16. The highest BCUT2D eigenvalue weighted by molar-refractivity contribution is 5.91. The average molecular weight is 459 g/mol. The van der Waals surface area contributed by atoms with Crippen molar-refractivity contribution in [3.05, 3.63) is 83.9 Å². The van der Waals surface area contributed by atoms with Crippen LogP contribution in [0.15, 0.2) is 67.0 Å². The zero-order chi connectivity index (χ0) is 24.0. The number of hydrogen-bond acceptors (Lipinski definition) is 4. The fourth-order valence-corrected chi connectivity index (χ4v) is 4.83. The third-order valence-electron chi connectivity index (χ3n) is 6.95. The van der Waals surface area contributed by atoms with Gasteiger partial charge in [-0.1, -0.05) is 55.5 Å². The Hall–Kier alpha value is -3.41. The number of amides is 2. The zero-order valence-electron chi connectivity index (χ0n) is 20.3. The number of benzene rings is 2. The second kappa shape index (κ2) is 10.7. The monoisotopic (exact) mass is 458 g/mol. The number of nitrogens with zero attached hydrogens (tertiary/aromatic N) is 3. The largest absolute Gasteiger partial charge is 0.496 e. The summed E-state index contributed by atoms with van der Waals surface area (Å²) in [6.07, 6.45) is 7.86. The molecule has 178 valence electrons. The number of carbonyl (C=O) groups excluding carboxylic acids is 1. The molecule has 3 aromatic rings. The van der Waals surface area contributed by atoms with E-state index >= 15 is 0 Å². The van der Waals surface area contributed by atoms with Crippen molar-refractivity contribution in [1.29, 1.82) is 0 Å². The van der Waals surface area contributed by atoms with Crippen LogP contribution in [-0.4, -0.2) is 29.7 Å². The van der Waals surface area contributed by atoms with E-state index in [4.69, 9.17) is 4.74 Å². The maximum atomic E-state index is 13.4. The van der Waals surface area contributed by atoms with Crippen LogP contribution in [0.5, 0.6) is 5.75 Å². The minimum absolute atomic E-state index is 0.0257. The lowest BCUT2D eigenvalue weighted by molar-refractivity contribution is 0.198. The fourth-order valence-electron chi connectivity index (χ4n) is 4.83. The van der Waals surface area contributed by atoms with Gasteiger partial charge in [0.2, 0.25) is 0 Å². The predicted molar refractivity (Wildman–Crippen MR) is 135 cm³/mol. The normalized spacial score (nSPS) is 19.9. The van der Waals surface area contributed by atoms with Crippen molar-refractivity contribution in [2.24, 2.45) is 5.41 Å². The van der Waals surface area contributed by atoms with E-state index in [1.54, 1.807) is 24.4 Å². The molecule has 6 nitrogen and oxygen atoms in total. The van der Waals surface area contributed by atoms with Gasteiger partial charge >= 0.3 is 6.03 Å². The molecule has 1 saturated carbocycles. The number of methoxy groups -OCH3 is 1. The standard InChI is InChI=1S/C28H34N4O2/c1-21-29-18-25(19-30-21)32(27(33)31-17-24-11-7-8-12-26(24)34-3)20-28(2)15-13-23(14-16-28)22-9-5-4-6-10-22/h4-12,18-19,23H,13-17,20H2,1-3H3,(H,31,33). The molecular formula is C28H34N4O2. The Bertz CT molecular complexity index is 1080. The summed E-state index contributed by atoms with van der Waals surface area (Å²) in [5, 5.41) is 3.08. The first kappa shape index (κ1) is 23.7. The molecule has 4 rings (SSSR count). The minimum Gasteiger partial charge on any atom is -0.496 e. The van der Waals surface area contributed by atoms with Crippen LogP contribution in [0.25, 0.3) is 0 Å². The summed E-state index contributed by atoms with van der Waals surface area (Å²) >= 11 is 0. The van der Waals surface area contributed by atoms with E-state index in [1.807, 2.05) is 31.2 Å². The van der Waals surface area contributed by atoms with Crippen LogP contribution >= 0.6 is 0 Å². The molecule has 1 aliphatic carbocycles. The van der Waals surface area contributed by atoms with Gasteiger partial charge in [0.05, 0.1) is 25.2 Å². The summed E-state index contributed by atoms with van der Waals surface area (Å²) in [4.78, 5) is 23.9. The molecule has 0 bridgehead atoms. The van der Waals surface area contributed by atoms with Crippen molar-refractivity contribution in [2.75, 3.05) is 18.6 Å². The van der Waals surface area contributed by atoms with E-state index in [-0.39, 0.29) is 11.4 Å². The molecule has 2 aromatic carbocycles. The molecule has 0 unspecified atom stereocenters. The van der Waals surface area contributed by atoms with Gasteiger partial charge in [0.1, 0.15) is 11.6 Å². The Morgan fingerprint density at radius 3 is 2.38 bits per heavy atom. The number of rotatable bonds is 7. The lowest BCUT2D eigenvalue weighted by Gasteiger charge is -2.40. The average Bonchev–Trinajstić information content (AvgIpc) is 2.87. The van der Waals surface area contributed by atoms with Gasteiger partial charge in [-0.25, -0.2) is 14.8 Å². The number of aromatic nitrogens is 2. The molecule has 1 aromatic heterocycles. The number of urea groups is 1. The summed E-state index contributed by atoms with van der Waals surface area (Å²) in [7, 11) is 1.64. The Morgan fingerprint density at radius 1 is 1.06 bits per heavy atom. The quantitative estimate of drug-likeness (QED) is 0.480. The molecule has 1 N–H and O–H groups in total. The Labute approximate surface area is 202 Å². The topological polar surface area (TPSA) is 67.3 Å². The van der Waals surface area contributed by atoms with Crippen molar-refractivity contribution in [1.82, 2.24) is 15.3 Å². The maximum absolute atomic E-state index is 13.4. The zero-order valence-corrected chi connectivity index (χ0v) is 20.3. The number of nitrogens with one attached hydrogen (secondary N) is 1. The van der Waals surface area contributed by atoms with Crippen LogP contribution in [-0.2, 0) is 6.54 Å². The molecular weight excluding hydrogens is 424 g/mol. The lowest BCUT2D eigenvalue weighted by Crippen LogP contribution is -2.46. The Kier molecular flexibility index (Phi) is 7.46. The first-order chi connectivity index (χ1) is 16.5. The maximum Gasteiger partial charge on any atom is 0.322 e. The number of carbonyl (C=O) groups is 1. The number of ether oxygens (including phenoxy) is 1. The summed E-state index contributed by atoms with van der Waals surface area (Å²) in [5.41, 5.74) is 3.10. The number of para-hydroxylation sites is 1. The van der Waals surface area contributed by atoms with Gasteiger partial charge in [0, 0.05) is 18.7 Å². The predicted octanol–water partition coefficient (Wildman–Crippen LogP) is 5.87. The molecule has 2 amide bonds. The van der Waals surface area contributed by atoms with E-state index in [0.717, 1.165) is 42.7 Å². The van der Waals surface area contributed by atoms with Gasteiger partial charge in [-0.2, -0.15) is 0 Å². The smallest absolute Gasteiger partial charge is 0.322 e. The van der Waals surface area contributed by atoms with Crippen molar-refractivity contribution >= 4 is 11.7 Å². The summed E-state index contributed by atoms with van der Waals surface area (Å²) in [6, 6.07) is 18.4.